The summed E-state index contributed by atoms with van der Waals surface area (Å²) in [7, 11) is 0. The highest BCUT2D eigenvalue weighted by Gasteiger charge is 2.40. The molecule has 1 fully saturated rings. The van der Waals surface area contributed by atoms with Crippen LogP contribution in [-0.2, 0) is 9.53 Å². The van der Waals surface area contributed by atoms with Crippen LogP contribution in [0.25, 0.3) is 0 Å². The van der Waals surface area contributed by atoms with Crippen molar-refractivity contribution >= 4 is 5.78 Å². The predicted octanol–water partition coefficient (Wildman–Crippen LogP) is 1.00. The zero-order valence-electron chi connectivity index (χ0n) is 8.38. The van der Waals surface area contributed by atoms with E-state index in [9.17, 15) is 9.90 Å². The smallest absolute Gasteiger partial charge is 0.144 e. The van der Waals surface area contributed by atoms with Gasteiger partial charge in [-0.2, -0.15) is 0 Å². The minimum atomic E-state index is -0.508. The Labute approximate surface area is 79.1 Å². The first kappa shape index (κ1) is 10.7. The van der Waals surface area contributed by atoms with E-state index >= 15 is 0 Å². The molecule has 0 aromatic rings. The van der Waals surface area contributed by atoms with E-state index in [0.717, 1.165) is 0 Å². The van der Waals surface area contributed by atoms with Crippen LogP contribution in [0.1, 0.15) is 26.7 Å². The summed E-state index contributed by atoms with van der Waals surface area (Å²) in [6, 6.07) is 0. The molecular weight excluding hydrogens is 168 g/mol. The van der Waals surface area contributed by atoms with Crippen molar-refractivity contribution in [1.29, 1.82) is 0 Å². The van der Waals surface area contributed by atoms with Crippen molar-refractivity contribution < 1.29 is 14.6 Å². The van der Waals surface area contributed by atoms with Crippen molar-refractivity contribution in [3.05, 3.63) is 0 Å². The molecule has 0 aromatic carbocycles. The van der Waals surface area contributed by atoms with E-state index in [0.29, 0.717) is 26.1 Å². The van der Waals surface area contributed by atoms with E-state index in [1.165, 1.54) is 0 Å². The molecule has 0 bridgehead atoms. The monoisotopic (exact) mass is 186 g/mol. The van der Waals surface area contributed by atoms with Crippen LogP contribution in [0, 0.1) is 11.3 Å². The lowest BCUT2D eigenvalue weighted by molar-refractivity contribution is -0.141. The van der Waals surface area contributed by atoms with Gasteiger partial charge in [0.2, 0.25) is 0 Å². The van der Waals surface area contributed by atoms with Gasteiger partial charge < -0.3 is 9.84 Å². The molecule has 1 aliphatic rings. The number of carbonyl (C=O) groups is 1. The van der Waals surface area contributed by atoms with E-state index < -0.39 is 5.41 Å². The van der Waals surface area contributed by atoms with Gasteiger partial charge >= 0.3 is 0 Å². The number of ketones is 1. The van der Waals surface area contributed by atoms with Crippen LogP contribution in [0.5, 0.6) is 0 Å². The van der Waals surface area contributed by atoms with Crippen LogP contribution >= 0.6 is 0 Å². The first-order valence-corrected chi connectivity index (χ1v) is 4.85. The summed E-state index contributed by atoms with van der Waals surface area (Å²) in [6.07, 6.45) is 1.33. The average Bonchev–Trinajstić information content (AvgIpc) is 2.17. The van der Waals surface area contributed by atoms with Gasteiger partial charge in [-0.1, -0.05) is 13.8 Å². The lowest BCUT2D eigenvalue weighted by atomic mass is 9.73. The number of carbonyl (C=O) groups excluding carboxylic acids is 1. The molecule has 0 unspecified atom stereocenters. The Morgan fingerprint density at radius 3 is 2.38 bits per heavy atom. The number of hydrogen-bond acceptors (Lipinski definition) is 3. The largest absolute Gasteiger partial charge is 0.395 e. The van der Waals surface area contributed by atoms with Crippen LogP contribution in [0.3, 0.4) is 0 Å². The summed E-state index contributed by atoms with van der Waals surface area (Å²) in [5.41, 5.74) is -0.508. The number of aliphatic hydroxyl groups excluding tert-OH is 1. The summed E-state index contributed by atoms with van der Waals surface area (Å²) >= 11 is 0. The average molecular weight is 186 g/mol. The van der Waals surface area contributed by atoms with Crippen molar-refractivity contribution in [3.8, 4) is 0 Å². The molecule has 0 aliphatic carbocycles. The molecule has 1 N–H and O–H groups in total. The van der Waals surface area contributed by atoms with Crippen LogP contribution in [0.15, 0.2) is 0 Å². The Morgan fingerprint density at radius 2 is 2.00 bits per heavy atom. The Hall–Kier alpha value is -0.410. The second-order valence-electron chi connectivity index (χ2n) is 4.07. The Morgan fingerprint density at radius 1 is 1.46 bits per heavy atom. The fraction of sp³-hybridized carbons (Fsp3) is 0.900. The highest BCUT2D eigenvalue weighted by Crippen LogP contribution is 2.33. The summed E-state index contributed by atoms with van der Waals surface area (Å²) in [5, 5.41) is 9.28. The minimum Gasteiger partial charge on any atom is -0.395 e. The third-order valence-electron chi connectivity index (χ3n) is 2.80. The third-order valence-corrected chi connectivity index (χ3v) is 2.80. The molecule has 0 radical (unpaired) electrons. The molecule has 1 rings (SSSR count). The molecule has 13 heavy (non-hydrogen) atoms. The molecular formula is C10H18O3. The van der Waals surface area contributed by atoms with Crippen molar-refractivity contribution in [2.45, 2.75) is 26.7 Å². The summed E-state index contributed by atoms with van der Waals surface area (Å²) in [4.78, 5) is 11.8. The van der Waals surface area contributed by atoms with Gasteiger partial charge in [0.05, 0.1) is 12.0 Å². The van der Waals surface area contributed by atoms with Gasteiger partial charge in [0.25, 0.3) is 0 Å². The standard InChI is InChI=1S/C10H18O3/c1-8(2)9(12)10(7-11)3-5-13-6-4-10/h8,11H,3-7H2,1-2H3. The van der Waals surface area contributed by atoms with Gasteiger partial charge in [0.15, 0.2) is 0 Å². The molecule has 3 nitrogen and oxygen atoms in total. The molecule has 0 spiro atoms. The Kier molecular flexibility index (Phi) is 3.45. The van der Waals surface area contributed by atoms with E-state index in [1.54, 1.807) is 0 Å². The number of Topliss-reactive ketones (excluding diaryl/α,β-unsaturated/α-hetero) is 1. The first-order chi connectivity index (χ1) is 6.12. The second kappa shape index (κ2) is 4.20. The molecule has 0 amide bonds. The molecule has 1 aliphatic heterocycles. The zero-order chi connectivity index (χ0) is 9.90. The lowest BCUT2D eigenvalue weighted by Crippen LogP contribution is -2.42. The molecule has 3 heteroatoms. The molecule has 0 aromatic heterocycles. The van der Waals surface area contributed by atoms with Gasteiger partial charge in [0.1, 0.15) is 5.78 Å². The Bertz CT molecular complexity index is 181. The van der Waals surface area contributed by atoms with E-state index in [4.69, 9.17) is 4.74 Å². The van der Waals surface area contributed by atoms with Gasteiger partial charge in [-0.05, 0) is 12.8 Å². The summed E-state index contributed by atoms with van der Waals surface area (Å²) in [5.74, 6) is 0.184. The van der Waals surface area contributed by atoms with Gasteiger partial charge in [-0.15, -0.1) is 0 Å². The fourth-order valence-corrected chi connectivity index (χ4v) is 1.86. The van der Waals surface area contributed by atoms with Crippen LogP contribution in [0.2, 0.25) is 0 Å². The van der Waals surface area contributed by atoms with Gasteiger partial charge in [-0.25, -0.2) is 0 Å². The minimum absolute atomic E-state index is 0.00486. The van der Waals surface area contributed by atoms with Crippen LogP contribution in [-0.4, -0.2) is 30.7 Å². The van der Waals surface area contributed by atoms with Gasteiger partial charge in [0, 0.05) is 19.1 Å². The SMILES string of the molecule is CC(C)C(=O)C1(CO)CCOCC1. The molecule has 0 saturated carbocycles. The summed E-state index contributed by atoms with van der Waals surface area (Å²) in [6.45, 7) is 4.93. The number of hydrogen-bond donors (Lipinski definition) is 1. The Balaban J connectivity index is 2.72. The lowest BCUT2D eigenvalue weighted by Gasteiger charge is -2.35. The normalized spacial score (nSPS) is 21.8. The van der Waals surface area contributed by atoms with Crippen molar-refractivity contribution in [2.24, 2.45) is 11.3 Å². The third kappa shape index (κ3) is 2.09. The summed E-state index contributed by atoms with van der Waals surface area (Å²) < 4.78 is 5.19. The highest BCUT2D eigenvalue weighted by molar-refractivity contribution is 5.86. The van der Waals surface area contributed by atoms with Crippen LogP contribution < -0.4 is 0 Å². The first-order valence-electron chi connectivity index (χ1n) is 4.85. The van der Waals surface area contributed by atoms with E-state index in [2.05, 4.69) is 0 Å². The highest BCUT2D eigenvalue weighted by atomic mass is 16.5. The maximum Gasteiger partial charge on any atom is 0.144 e. The van der Waals surface area contributed by atoms with E-state index in [-0.39, 0.29) is 18.3 Å². The zero-order valence-corrected chi connectivity index (χ0v) is 8.38. The van der Waals surface area contributed by atoms with Gasteiger partial charge in [-0.3, -0.25) is 4.79 Å². The predicted molar refractivity (Wildman–Crippen MR) is 49.4 cm³/mol. The van der Waals surface area contributed by atoms with Crippen molar-refractivity contribution in [2.75, 3.05) is 19.8 Å². The van der Waals surface area contributed by atoms with Crippen LogP contribution in [0.4, 0.5) is 0 Å². The quantitative estimate of drug-likeness (QED) is 0.715. The maximum absolute atomic E-state index is 11.8. The molecule has 1 heterocycles. The topological polar surface area (TPSA) is 46.5 Å². The number of aliphatic hydroxyl groups is 1. The second-order valence-corrected chi connectivity index (χ2v) is 4.07. The number of rotatable bonds is 3. The fourth-order valence-electron chi connectivity index (χ4n) is 1.86. The number of ether oxygens (including phenoxy) is 1. The molecule has 0 atom stereocenters. The van der Waals surface area contributed by atoms with Crippen molar-refractivity contribution in [3.63, 3.8) is 0 Å². The van der Waals surface area contributed by atoms with E-state index in [1.807, 2.05) is 13.8 Å². The maximum atomic E-state index is 11.8. The molecule has 1 saturated heterocycles. The van der Waals surface area contributed by atoms with Crippen molar-refractivity contribution in [1.82, 2.24) is 0 Å². The molecule has 76 valence electrons.